The molecule has 5 heteroatoms. The van der Waals surface area contributed by atoms with Crippen LogP contribution in [0.25, 0.3) is 16.9 Å². The minimum atomic E-state index is 0.0186. The van der Waals surface area contributed by atoms with Gasteiger partial charge < -0.3 is 4.57 Å². The van der Waals surface area contributed by atoms with Gasteiger partial charge in [-0.1, -0.05) is 27.7 Å². The molecule has 0 aliphatic heterocycles. The highest BCUT2D eigenvalue weighted by atomic mass is 16.1. The Bertz CT molecular complexity index is 861. The highest BCUT2D eigenvalue weighted by Gasteiger charge is 2.07. The Kier molecular flexibility index (Phi) is 5.90. The molecule has 0 spiro atoms. The lowest BCUT2D eigenvalue weighted by atomic mass is 10.1. The van der Waals surface area contributed by atoms with Crippen LogP contribution in [0.15, 0.2) is 41.6 Å². The number of hydrogen-bond donors (Lipinski definition) is 0. The SMILES string of the molecule is CC.Cc1cnn2ccc(-c3ccn(CCC(C)C)c(=O)c3)nc12. The summed E-state index contributed by atoms with van der Waals surface area (Å²) in [5, 5.41) is 4.21. The molecule has 0 unspecified atom stereocenters. The number of pyridine rings is 1. The number of rotatable bonds is 4. The first kappa shape index (κ1) is 17.9. The molecule has 0 amide bonds. The van der Waals surface area contributed by atoms with Crippen LogP contribution < -0.4 is 5.56 Å². The van der Waals surface area contributed by atoms with Gasteiger partial charge >= 0.3 is 0 Å². The molecule has 128 valence electrons. The summed E-state index contributed by atoms with van der Waals surface area (Å²) in [5.74, 6) is 0.584. The van der Waals surface area contributed by atoms with Gasteiger partial charge in [0.2, 0.25) is 0 Å². The topological polar surface area (TPSA) is 52.2 Å². The largest absolute Gasteiger partial charge is 0.315 e. The molecule has 24 heavy (non-hydrogen) atoms. The van der Waals surface area contributed by atoms with Crippen molar-refractivity contribution in [2.45, 2.75) is 47.6 Å². The van der Waals surface area contributed by atoms with Gasteiger partial charge in [0, 0.05) is 36.1 Å². The summed E-state index contributed by atoms with van der Waals surface area (Å²) in [4.78, 5) is 16.8. The molecular weight excluding hydrogens is 300 g/mol. The van der Waals surface area contributed by atoms with Gasteiger partial charge in [0.25, 0.3) is 5.56 Å². The molecule has 3 heterocycles. The van der Waals surface area contributed by atoms with Gasteiger partial charge in [-0.3, -0.25) is 4.79 Å². The summed E-state index contributed by atoms with van der Waals surface area (Å²) in [5.41, 5.74) is 3.50. The highest BCUT2D eigenvalue weighted by molar-refractivity contribution is 5.61. The van der Waals surface area contributed by atoms with Crippen LogP contribution in [0, 0.1) is 12.8 Å². The molecule has 0 bridgehead atoms. The Morgan fingerprint density at radius 1 is 1.17 bits per heavy atom. The minimum absolute atomic E-state index is 0.0186. The van der Waals surface area contributed by atoms with E-state index in [4.69, 9.17) is 0 Å². The van der Waals surface area contributed by atoms with Gasteiger partial charge in [-0.05, 0) is 31.4 Å². The standard InChI is InChI=1S/C17H20N4O.C2H6/c1-12(2)4-7-20-8-5-14(10-16(20)22)15-6-9-21-17(19-15)13(3)11-18-21;1-2/h5-6,8-12H,4,7H2,1-3H3;1-2H3. The Balaban J connectivity index is 0.00000100. The molecule has 3 rings (SSSR count). The molecule has 0 aliphatic rings. The number of aromatic nitrogens is 4. The third-order valence-electron chi connectivity index (χ3n) is 3.78. The van der Waals surface area contributed by atoms with Crippen molar-refractivity contribution in [3.05, 3.63) is 52.7 Å². The summed E-state index contributed by atoms with van der Waals surface area (Å²) in [6.07, 6.45) is 6.51. The maximum Gasteiger partial charge on any atom is 0.251 e. The average molecular weight is 326 g/mol. The van der Waals surface area contributed by atoms with Crippen molar-refractivity contribution in [2.75, 3.05) is 0 Å². The fraction of sp³-hybridized carbons (Fsp3) is 0.421. The van der Waals surface area contributed by atoms with Gasteiger partial charge in [-0.2, -0.15) is 5.10 Å². The summed E-state index contributed by atoms with van der Waals surface area (Å²) >= 11 is 0. The second-order valence-corrected chi connectivity index (χ2v) is 6.04. The van der Waals surface area contributed by atoms with Gasteiger partial charge in [-0.25, -0.2) is 9.50 Å². The lowest BCUT2D eigenvalue weighted by molar-refractivity contribution is 0.508. The number of fused-ring (bicyclic) bond motifs is 1. The predicted molar refractivity (Wildman–Crippen MR) is 98.2 cm³/mol. The van der Waals surface area contributed by atoms with Crippen LogP contribution in [0.1, 0.15) is 39.7 Å². The third kappa shape index (κ3) is 3.91. The van der Waals surface area contributed by atoms with Crippen LogP contribution in [0.3, 0.4) is 0 Å². The normalized spacial score (nSPS) is 10.8. The second-order valence-electron chi connectivity index (χ2n) is 6.04. The summed E-state index contributed by atoms with van der Waals surface area (Å²) in [7, 11) is 0. The van der Waals surface area contributed by atoms with Crippen LogP contribution in [0.5, 0.6) is 0 Å². The first-order valence-corrected chi connectivity index (χ1v) is 8.56. The maximum absolute atomic E-state index is 12.2. The first-order valence-electron chi connectivity index (χ1n) is 8.56. The zero-order valence-electron chi connectivity index (χ0n) is 15.2. The molecule has 0 radical (unpaired) electrons. The van der Waals surface area contributed by atoms with Crippen LogP contribution in [0.4, 0.5) is 0 Å². The molecule has 0 fully saturated rings. The maximum atomic E-state index is 12.2. The molecule has 0 atom stereocenters. The molecule has 0 aromatic carbocycles. The van der Waals surface area contributed by atoms with Crippen LogP contribution in [-0.2, 0) is 6.54 Å². The summed E-state index contributed by atoms with van der Waals surface area (Å²) < 4.78 is 3.49. The lowest BCUT2D eigenvalue weighted by Crippen LogP contribution is -2.19. The smallest absolute Gasteiger partial charge is 0.251 e. The minimum Gasteiger partial charge on any atom is -0.315 e. The number of nitrogens with zero attached hydrogens (tertiary/aromatic N) is 4. The fourth-order valence-electron chi connectivity index (χ4n) is 2.39. The lowest BCUT2D eigenvalue weighted by Gasteiger charge is -2.09. The van der Waals surface area contributed by atoms with Gasteiger partial charge in [-0.15, -0.1) is 0 Å². The first-order chi connectivity index (χ1) is 11.5. The Morgan fingerprint density at radius 3 is 2.58 bits per heavy atom. The van der Waals surface area contributed by atoms with Gasteiger partial charge in [0.15, 0.2) is 5.65 Å². The zero-order valence-corrected chi connectivity index (χ0v) is 15.2. The van der Waals surface area contributed by atoms with E-state index in [1.807, 2.05) is 45.3 Å². The fourth-order valence-corrected chi connectivity index (χ4v) is 2.39. The average Bonchev–Trinajstić information content (AvgIpc) is 2.96. The third-order valence-corrected chi connectivity index (χ3v) is 3.78. The van der Waals surface area contributed by atoms with Crippen LogP contribution in [0.2, 0.25) is 0 Å². The van der Waals surface area contributed by atoms with E-state index in [2.05, 4.69) is 23.9 Å². The Morgan fingerprint density at radius 2 is 1.92 bits per heavy atom. The van der Waals surface area contributed by atoms with Crippen molar-refractivity contribution in [2.24, 2.45) is 5.92 Å². The molecule has 3 aromatic rings. The van der Waals surface area contributed by atoms with Crippen molar-refractivity contribution in [1.82, 2.24) is 19.2 Å². The molecule has 3 aromatic heterocycles. The van der Waals surface area contributed by atoms with E-state index < -0.39 is 0 Å². The van der Waals surface area contributed by atoms with E-state index in [0.717, 1.165) is 35.4 Å². The molecule has 0 saturated heterocycles. The van der Waals surface area contributed by atoms with E-state index >= 15 is 0 Å². The van der Waals surface area contributed by atoms with E-state index in [1.54, 1.807) is 21.3 Å². The number of hydrogen-bond acceptors (Lipinski definition) is 3. The second kappa shape index (κ2) is 7.90. The van der Waals surface area contributed by atoms with Crippen molar-refractivity contribution >= 4 is 5.65 Å². The van der Waals surface area contributed by atoms with Gasteiger partial charge in [0.05, 0.1) is 11.9 Å². The Labute approximate surface area is 143 Å². The van der Waals surface area contributed by atoms with Crippen LogP contribution in [-0.4, -0.2) is 19.2 Å². The molecule has 0 aliphatic carbocycles. The highest BCUT2D eigenvalue weighted by Crippen LogP contribution is 2.17. The van der Waals surface area contributed by atoms with Crippen molar-refractivity contribution < 1.29 is 0 Å². The molecule has 0 saturated carbocycles. The molecular formula is C19H26N4O. The summed E-state index contributed by atoms with van der Waals surface area (Å²) in [6, 6.07) is 5.49. The zero-order chi connectivity index (χ0) is 17.7. The van der Waals surface area contributed by atoms with Crippen molar-refractivity contribution in [1.29, 1.82) is 0 Å². The molecule has 5 nitrogen and oxygen atoms in total. The van der Waals surface area contributed by atoms with Crippen molar-refractivity contribution in [3.63, 3.8) is 0 Å². The summed E-state index contributed by atoms with van der Waals surface area (Å²) in [6.45, 7) is 11.0. The quantitative estimate of drug-likeness (QED) is 0.730. The monoisotopic (exact) mass is 326 g/mol. The predicted octanol–water partition coefficient (Wildman–Crippen LogP) is 3.94. The van der Waals surface area contributed by atoms with E-state index in [1.165, 1.54) is 0 Å². The molecule has 0 N–H and O–H groups in total. The van der Waals surface area contributed by atoms with Crippen molar-refractivity contribution in [3.8, 4) is 11.3 Å². The van der Waals surface area contributed by atoms with E-state index in [9.17, 15) is 4.79 Å². The van der Waals surface area contributed by atoms with Gasteiger partial charge in [0.1, 0.15) is 0 Å². The Hall–Kier alpha value is -2.43. The van der Waals surface area contributed by atoms with E-state index in [0.29, 0.717) is 5.92 Å². The van der Waals surface area contributed by atoms with E-state index in [-0.39, 0.29) is 5.56 Å². The number of aryl methyl sites for hydroxylation is 2. The van der Waals surface area contributed by atoms with Crippen LogP contribution >= 0.6 is 0 Å².